The highest BCUT2D eigenvalue weighted by Gasteiger charge is 2.01. The van der Waals surface area contributed by atoms with Crippen molar-refractivity contribution in [3.05, 3.63) is 29.3 Å². The first kappa shape index (κ1) is 9.72. The van der Waals surface area contributed by atoms with Gasteiger partial charge in [-0.1, -0.05) is 11.3 Å². The minimum atomic E-state index is 0.211. The van der Waals surface area contributed by atoms with Crippen molar-refractivity contribution in [3.8, 4) is 11.5 Å². The van der Waals surface area contributed by atoms with Crippen molar-refractivity contribution in [2.45, 2.75) is 6.61 Å². The SMILES string of the molecule is Nc1nnc(COc2ccc(O)cc2)s1. The fourth-order valence-corrected chi connectivity index (χ4v) is 1.53. The van der Waals surface area contributed by atoms with Crippen LogP contribution >= 0.6 is 11.3 Å². The number of hydrogen-bond acceptors (Lipinski definition) is 6. The second kappa shape index (κ2) is 4.14. The Labute approximate surface area is 90.1 Å². The molecule has 0 fully saturated rings. The molecular weight excluding hydrogens is 214 g/mol. The van der Waals surface area contributed by atoms with Crippen molar-refractivity contribution in [2.75, 3.05) is 5.73 Å². The zero-order valence-electron chi connectivity index (χ0n) is 7.75. The van der Waals surface area contributed by atoms with Gasteiger partial charge >= 0.3 is 0 Å². The number of nitrogen functional groups attached to an aromatic ring is 1. The first-order valence-electron chi connectivity index (χ1n) is 4.24. The van der Waals surface area contributed by atoms with E-state index in [4.69, 9.17) is 15.6 Å². The zero-order valence-corrected chi connectivity index (χ0v) is 8.57. The lowest BCUT2D eigenvalue weighted by Gasteiger charge is -2.02. The number of ether oxygens (including phenoxy) is 1. The molecule has 2 aromatic rings. The maximum absolute atomic E-state index is 9.05. The monoisotopic (exact) mass is 223 g/mol. The molecule has 0 atom stereocenters. The minimum Gasteiger partial charge on any atom is -0.508 e. The summed E-state index contributed by atoms with van der Waals surface area (Å²) in [5.41, 5.74) is 5.42. The molecule has 0 aliphatic carbocycles. The van der Waals surface area contributed by atoms with E-state index in [1.807, 2.05) is 0 Å². The molecule has 1 heterocycles. The van der Waals surface area contributed by atoms with Gasteiger partial charge in [0.15, 0.2) is 5.01 Å². The Hall–Kier alpha value is -1.82. The van der Waals surface area contributed by atoms with Gasteiger partial charge in [-0.25, -0.2) is 0 Å². The number of nitrogens with two attached hydrogens (primary N) is 1. The van der Waals surface area contributed by atoms with E-state index in [9.17, 15) is 0 Å². The molecule has 0 unspecified atom stereocenters. The lowest BCUT2D eigenvalue weighted by Crippen LogP contribution is -1.94. The Morgan fingerprint density at radius 3 is 2.60 bits per heavy atom. The van der Waals surface area contributed by atoms with Crippen LogP contribution in [0, 0.1) is 0 Å². The topological polar surface area (TPSA) is 81.3 Å². The van der Waals surface area contributed by atoms with Crippen LogP contribution in [0.4, 0.5) is 5.13 Å². The van der Waals surface area contributed by atoms with Gasteiger partial charge in [-0.3, -0.25) is 0 Å². The normalized spacial score (nSPS) is 10.1. The van der Waals surface area contributed by atoms with Crippen LogP contribution < -0.4 is 10.5 Å². The van der Waals surface area contributed by atoms with Crippen molar-refractivity contribution in [3.63, 3.8) is 0 Å². The molecule has 6 heteroatoms. The Morgan fingerprint density at radius 1 is 1.27 bits per heavy atom. The maximum Gasteiger partial charge on any atom is 0.203 e. The highest BCUT2D eigenvalue weighted by atomic mass is 32.1. The summed E-state index contributed by atoms with van der Waals surface area (Å²) in [6.45, 7) is 0.333. The third kappa shape index (κ3) is 2.57. The summed E-state index contributed by atoms with van der Waals surface area (Å²) in [6, 6.07) is 6.48. The van der Waals surface area contributed by atoms with Crippen LogP contribution in [0.5, 0.6) is 11.5 Å². The third-order valence-corrected chi connectivity index (χ3v) is 2.41. The number of phenolic OH excluding ortho intramolecular Hbond substituents is 1. The minimum absolute atomic E-state index is 0.211. The van der Waals surface area contributed by atoms with Crippen LogP contribution in [0.25, 0.3) is 0 Å². The third-order valence-electron chi connectivity index (χ3n) is 1.68. The van der Waals surface area contributed by atoms with E-state index in [2.05, 4.69) is 10.2 Å². The summed E-state index contributed by atoms with van der Waals surface area (Å²) in [5.74, 6) is 0.879. The first-order valence-corrected chi connectivity index (χ1v) is 5.05. The van der Waals surface area contributed by atoms with Gasteiger partial charge < -0.3 is 15.6 Å². The predicted octanol–water partition coefficient (Wildman–Crippen LogP) is 1.40. The molecule has 3 N–H and O–H groups in total. The maximum atomic E-state index is 9.05. The van der Waals surface area contributed by atoms with Crippen molar-refractivity contribution >= 4 is 16.5 Å². The molecule has 0 saturated heterocycles. The summed E-state index contributed by atoms with van der Waals surface area (Å²) in [6.07, 6.45) is 0. The van der Waals surface area contributed by atoms with Crippen LogP contribution in [0.3, 0.4) is 0 Å². The van der Waals surface area contributed by atoms with Gasteiger partial charge in [-0.05, 0) is 24.3 Å². The van der Waals surface area contributed by atoms with Gasteiger partial charge in [0.25, 0.3) is 0 Å². The molecule has 5 nitrogen and oxygen atoms in total. The number of aromatic hydroxyl groups is 1. The molecule has 0 aliphatic rings. The average Bonchev–Trinajstić information content (AvgIpc) is 2.64. The highest BCUT2D eigenvalue weighted by Crippen LogP contribution is 2.18. The average molecular weight is 223 g/mol. The van der Waals surface area contributed by atoms with E-state index < -0.39 is 0 Å². The van der Waals surface area contributed by atoms with Gasteiger partial charge in [0, 0.05) is 0 Å². The summed E-state index contributed by atoms with van der Waals surface area (Å²) in [7, 11) is 0. The molecule has 15 heavy (non-hydrogen) atoms. The molecule has 0 spiro atoms. The van der Waals surface area contributed by atoms with Crippen molar-refractivity contribution < 1.29 is 9.84 Å². The lowest BCUT2D eigenvalue weighted by molar-refractivity contribution is 0.304. The van der Waals surface area contributed by atoms with Crippen LogP contribution in [-0.4, -0.2) is 15.3 Å². The van der Waals surface area contributed by atoms with Gasteiger partial charge in [-0.15, -0.1) is 10.2 Å². The van der Waals surface area contributed by atoms with Gasteiger partial charge in [-0.2, -0.15) is 0 Å². The quantitative estimate of drug-likeness (QED) is 0.822. The fraction of sp³-hybridized carbons (Fsp3) is 0.111. The van der Waals surface area contributed by atoms with E-state index in [1.165, 1.54) is 11.3 Å². The number of phenols is 1. The first-order chi connectivity index (χ1) is 7.24. The molecule has 0 aliphatic heterocycles. The van der Waals surface area contributed by atoms with E-state index in [0.717, 1.165) is 5.01 Å². The lowest BCUT2D eigenvalue weighted by atomic mass is 10.3. The number of rotatable bonds is 3. The van der Waals surface area contributed by atoms with Crippen LogP contribution in [0.2, 0.25) is 0 Å². The molecule has 0 bridgehead atoms. The van der Waals surface area contributed by atoms with Gasteiger partial charge in [0.1, 0.15) is 18.1 Å². The van der Waals surface area contributed by atoms with Gasteiger partial charge in [0.2, 0.25) is 5.13 Å². The summed E-state index contributed by atoms with van der Waals surface area (Å²) in [4.78, 5) is 0. The second-order valence-corrected chi connectivity index (χ2v) is 3.91. The van der Waals surface area contributed by atoms with E-state index in [-0.39, 0.29) is 5.75 Å². The Kier molecular flexibility index (Phi) is 2.68. The molecule has 0 amide bonds. The van der Waals surface area contributed by atoms with Crippen molar-refractivity contribution in [1.29, 1.82) is 0 Å². The molecule has 1 aromatic heterocycles. The summed E-state index contributed by atoms with van der Waals surface area (Å²) < 4.78 is 5.40. The number of benzene rings is 1. The standard InChI is InChI=1S/C9H9N3O2S/c10-9-12-11-8(15-9)5-14-7-3-1-6(13)2-4-7/h1-4,13H,5H2,(H2,10,12). The number of anilines is 1. The van der Waals surface area contributed by atoms with Crippen LogP contribution in [0.15, 0.2) is 24.3 Å². The van der Waals surface area contributed by atoms with E-state index >= 15 is 0 Å². The molecule has 2 rings (SSSR count). The van der Waals surface area contributed by atoms with Gasteiger partial charge in [0.05, 0.1) is 0 Å². The van der Waals surface area contributed by atoms with Crippen LogP contribution in [0.1, 0.15) is 5.01 Å². The van der Waals surface area contributed by atoms with Crippen LogP contribution in [-0.2, 0) is 6.61 Å². The molecule has 1 aromatic carbocycles. The Balaban J connectivity index is 1.96. The summed E-state index contributed by atoms with van der Waals surface area (Å²) in [5, 5.41) is 17.7. The molecular formula is C9H9N3O2S. The Morgan fingerprint density at radius 2 is 2.00 bits per heavy atom. The number of aromatic nitrogens is 2. The van der Waals surface area contributed by atoms with Crippen molar-refractivity contribution in [2.24, 2.45) is 0 Å². The smallest absolute Gasteiger partial charge is 0.203 e. The van der Waals surface area contributed by atoms with E-state index in [1.54, 1.807) is 24.3 Å². The predicted molar refractivity (Wildman–Crippen MR) is 56.8 cm³/mol. The molecule has 0 saturated carbocycles. The van der Waals surface area contributed by atoms with Crippen molar-refractivity contribution in [1.82, 2.24) is 10.2 Å². The number of hydrogen-bond donors (Lipinski definition) is 2. The number of nitrogens with zero attached hydrogens (tertiary/aromatic N) is 2. The fourth-order valence-electron chi connectivity index (χ4n) is 1.01. The van der Waals surface area contributed by atoms with E-state index in [0.29, 0.717) is 17.5 Å². The largest absolute Gasteiger partial charge is 0.508 e. The molecule has 0 radical (unpaired) electrons. The summed E-state index contributed by atoms with van der Waals surface area (Å²) >= 11 is 1.29. The Bertz CT molecular complexity index is 441. The molecule has 78 valence electrons. The second-order valence-electron chi connectivity index (χ2n) is 2.82. The highest BCUT2D eigenvalue weighted by molar-refractivity contribution is 7.15. The zero-order chi connectivity index (χ0) is 10.7.